The number of anilines is 1. The van der Waals surface area contributed by atoms with Crippen molar-refractivity contribution in [3.8, 4) is 22.3 Å². The number of amides is 2. The average molecular weight is 577 g/mol. The van der Waals surface area contributed by atoms with Crippen LogP contribution in [0.3, 0.4) is 0 Å². The highest BCUT2D eigenvalue weighted by molar-refractivity contribution is 6.00. The number of hydrogen-bond donors (Lipinski definition) is 3. The van der Waals surface area contributed by atoms with Gasteiger partial charge in [-0.1, -0.05) is 30.3 Å². The molecule has 1 saturated carbocycles. The first-order valence-electron chi connectivity index (χ1n) is 14.0. The van der Waals surface area contributed by atoms with E-state index in [0.717, 1.165) is 46.5 Å². The Morgan fingerprint density at radius 1 is 1.07 bits per heavy atom. The molecule has 2 aromatic carbocycles. The predicted octanol–water partition coefficient (Wildman–Crippen LogP) is 6.00. The maximum absolute atomic E-state index is 14.8. The van der Waals surface area contributed by atoms with Gasteiger partial charge in [0.05, 0.1) is 11.9 Å². The predicted molar refractivity (Wildman–Crippen MR) is 152 cm³/mol. The molecular formula is C31H31F3N6O2. The normalized spacial score (nSPS) is 17.9. The average Bonchev–Trinajstić information content (AvgIpc) is 3.38. The van der Waals surface area contributed by atoms with Gasteiger partial charge in [0.15, 0.2) is 5.67 Å². The third-order valence-corrected chi connectivity index (χ3v) is 8.28. The topological polar surface area (TPSA) is 105 Å². The van der Waals surface area contributed by atoms with Crippen LogP contribution in [0.25, 0.3) is 22.3 Å². The van der Waals surface area contributed by atoms with E-state index in [1.165, 1.54) is 12.4 Å². The van der Waals surface area contributed by atoms with Crippen molar-refractivity contribution in [3.63, 3.8) is 0 Å². The van der Waals surface area contributed by atoms with E-state index in [0.29, 0.717) is 27.9 Å². The Bertz CT molecular complexity index is 1620. The number of hydrogen-bond acceptors (Lipinski definition) is 4. The van der Waals surface area contributed by atoms with E-state index in [2.05, 4.69) is 25.9 Å². The molecule has 2 atom stereocenters. The summed E-state index contributed by atoms with van der Waals surface area (Å²) >= 11 is 0. The molecule has 0 radical (unpaired) electrons. The van der Waals surface area contributed by atoms with Gasteiger partial charge in [-0.2, -0.15) is 19.0 Å². The van der Waals surface area contributed by atoms with Crippen LogP contribution in [0.15, 0.2) is 54.9 Å². The molecule has 42 heavy (non-hydrogen) atoms. The fourth-order valence-electron chi connectivity index (χ4n) is 5.83. The minimum Gasteiger partial charge on any atom is -0.341 e. The highest BCUT2D eigenvalue weighted by Gasteiger charge is 2.52. The molecule has 0 bridgehead atoms. The molecule has 4 aromatic rings. The fraction of sp³-hybridized carbons (Fsp3) is 0.355. The number of benzene rings is 2. The van der Waals surface area contributed by atoms with Crippen LogP contribution < -0.4 is 10.6 Å². The first-order valence-corrected chi connectivity index (χ1v) is 14.0. The molecular weight excluding hydrogens is 545 g/mol. The van der Waals surface area contributed by atoms with Gasteiger partial charge in [0.25, 0.3) is 5.91 Å². The van der Waals surface area contributed by atoms with Crippen molar-refractivity contribution in [3.05, 3.63) is 77.4 Å². The zero-order valence-electron chi connectivity index (χ0n) is 23.3. The lowest BCUT2D eigenvalue weighted by Crippen LogP contribution is -2.51. The Morgan fingerprint density at radius 2 is 1.81 bits per heavy atom. The number of fused-ring (bicyclic) bond motifs is 1. The van der Waals surface area contributed by atoms with Crippen LogP contribution in [0, 0.1) is 13.8 Å². The molecule has 0 aliphatic heterocycles. The lowest BCUT2D eigenvalue weighted by atomic mass is 9.77. The fourth-order valence-corrected chi connectivity index (χ4v) is 5.83. The Labute approximate surface area is 240 Å². The summed E-state index contributed by atoms with van der Waals surface area (Å²) in [6.07, 6.45) is 5.02. The van der Waals surface area contributed by atoms with E-state index in [1.54, 1.807) is 12.1 Å². The van der Waals surface area contributed by atoms with Gasteiger partial charge in [0.2, 0.25) is 5.91 Å². The number of carbonyl (C=O) groups is 2. The van der Waals surface area contributed by atoms with Crippen LogP contribution in [0.4, 0.5) is 18.9 Å². The number of H-pyrrole nitrogens is 1. The van der Waals surface area contributed by atoms with E-state index in [9.17, 15) is 22.8 Å². The van der Waals surface area contributed by atoms with Gasteiger partial charge in [0.1, 0.15) is 6.04 Å². The molecule has 8 nitrogen and oxygen atoms in total. The number of carbonyl (C=O) groups excluding carboxylic acids is 2. The van der Waals surface area contributed by atoms with Crippen LogP contribution in [-0.2, 0) is 16.0 Å². The number of halogens is 3. The summed E-state index contributed by atoms with van der Waals surface area (Å²) in [6.45, 7) is 1.09. The minimum absolute atomic E-state index is 0.126. The molecule has 2 aromatic heterocycles. The summed E-state index contributed by atoms with van der Waals surface area (Å²) < 4.78 is 41.6. The van der Waals surface area contributed by atoms with Crippen LogP contribution in [0.2, 0.25) is 0 Å². The molecule has 2 amide bonds. The van der Waals surface area contributed by atoms with Gasteiger partial charge in [-0.15, -0.1) is 0 Å². The minimum atomic E-state index is -2.76. The second-order valence-corrected chi connectivity index (χ2v) is 11.2. The lowest BCUT2D eigenvalue weighted by Gasteiger charge is -2.33. The molecule has 2 aliphatic rings. The van der Waals surface area contributed by atoms with Gasteiger partial charge in [-0.3, -0.25) is 14.7 Å². The summed E-state index contributed by atoms with van der Waals surface area (Å²) in [5.41, 5.74) is 5.32. The highest BCUT2D eigenvalue weighted by atomic mass is 19.3. The quantitative estimate of drug-likeness (QED) is 0.239. The molecule has 2 aliphatic carbocycles. The standard InChI is InChI=1S/C31H31F3N6O2/c1-17-26(18(2)39-38-17)20-8-10-23(11-9-20)36-28(41)27(37-29(42)31(34)12-13-31)24-5-3-4-19-6-7-21(14-25(19)24)22-15-35-40(16-22)30(32)33/h6-11,14-16,24,27,30H,3-5,12-13H2,1-2H3,(H,36,41)(H,37,42)(H,38,39)/t24-,27+/m1/s1. The zero-order chi connectivity index (χ0) is 29.6. The number of alkyl halides is 3. The molecule has 0 spiro atoms. The molecule has 1 fully saturated rings. The summed E-state index contributed by atoms with van der Waals surface area (Å²) in [4.78, 5) is 26.7. The third kappa shape index (κ3) is 5.31. The van der Waals surface area contributed by atoms with Gasteiger partial charge >= 0.3 is 6.55 Å². The van der Waals surface area contributed by atoms with Gasteiger partial charge in [-0.25, -0.2) is 9.07 Å². The van der Waals surface area contributed by atoms with E-state index in [-0.39, 0.29) is 12.8 Å². The number of aromatic amines is 1. The van der Waals surface area contributed by atoms with E-state index in [1.807, 2.05) is 44.2 Å². The molecule has 6 rings (SSSR count). The molecule has 2 heterocycles. The van der Waals surface area contributed by atoms with Crippen molar-refractivity contribution in [1.29, 1.82) is 0 Å². The number of aryl methyl sites for hydroxylation is 3. The number of rotatable bonds is 8. The van der Waals surface area contributed by atoms with Crippen LogP contribution in [-0.4, -0.2) is 43.5 Å². The largest absolute Gasteiger partial charge is 0.341 e. The second kappa shape index (κ2) is 10.8. The first-order chi connectivity index (χ1) is 20.1. The molecule has 0 unspecified atom stereocenters. The summed E-state index contributed by atoms with van der Waals surface area (Å²) in [6, 6.07) is 11.9. The second-order valence-electron chi connectivity index (χ2n) is 11.2. The van der Waals surface area contributed by atoms with E-state index < -0.39 is 36.0 Å². The van der Waals surface area contributed by atoms with E-state index in [4.69, 9.17) is 0 Å². The van der Waals surface area contributed by atoms with Crippen molar-refractivity contribution in [2.75, 3.05) is 5.32 Å². The molecule has 0 saturated heterocycles. The summed E-state index contributed by atoms with van der Waals surface area (Å²) in [5, 5.41) is 16.6. The van der Waals surface area contributed by atoms with Crippen molar-refractivity contribution in [2.45, 2.75) is 70.1 Å². The smallest absolute Gasteiger partial charge is 0.333 e. The SMILES string of the molecule is Cc1n[nH]c(C)c1-c1ccc(NC(=O)[C@@H](NC(=O)C2(F)CC2)[C@@H]2CCCc3ccc(-c4cnn(C(F)F)c4)cc32)cc1. The Hall–Kier alpha value is -4.41. The highest BCUT2D eigenvalue weighted by Crippen LogP contribution is 2.42. The Kier molecular flexibility index (Phi) is 7.12. The third-order valence-electron chi connectivity index (χ3n) is 8.28. The van der Waals surface area contributed by atoms with Crippen LogP contribution in [0.5, 0.6) is 0 Å². The summed E-state index contributed by atoms with van der Waals surface area (Å²) in [5.74, 6) is -1.68. The Morgan fingerprint density at radius 3 is 2.45 bits per heavy atom. The lowest BCUT2D eigenvalue weighted by molar-refractivity contribution is -0.131. The summed E-state index contributed by atoms with van der Waals surface area (Å²) in [7, 11) is 0. The number of aromatic nitrogens is 4. The zero-order valence-corrected chi connectivity index (χ0v) is 23.3. The van der Waals surface area contributed by atoms with Crippen LogP contribution >= 0.6 is 0 Å². The van der Waals surface area contributed by atoms with Crippen molar-refractivity contribution in [1.82, 2.24) is 25.3 Å². The van der Waals surface area contributed by atoms with Gasteiger partial charge in [-0.05, 0) is 80.3 Å². The molecule has 11 heteroatoms. The first kappa shape index (κ1) is 27.7. The van der Waals surface area contributed by atoms with Gasteiger partial charge in [0, 0.05) is 34.6 Å². The maximum atomic E-state index is 14.8. The van der Waals surface area contributed by atoms with Crippen molar-refractivity contribution in [2.24, 2.45) is 0 Å². The van der Waals surface area contributed by atoms with Crippen molar-refractivity contribution >= 4 is 17.5 Å². The van der Waals surface area contributed by atoms with Crippen LogP contribution in [0.1, 0.15) is 60.7 Å². The van der Waals surface area contributed by atoms with Gasteiger partial charge < -0.3 is 10.6 Å². The van der Waals surface area contributed by atoms with Crippen molar-refractivity contribution < 1.29 is 22.8 Å². The van der Waals surface area contributed by atoms with E-state index >= 15 is 0 Å². The molecule has 218 valence electrons. The monoisotopic (exact) mass is 576 g/mol. The number of nitrogens with one attached hydrogen (secondary N) is 3. The number of nitrogens with zero attached hydrogens (tertiary/aromatic N) is 3. The molecule has 3 N–H and O–H groups in total. The maximum Gasteiger partial charge on any atom is 0.333 e. The Balaban J connectivity index is 1.30.